The molecule has 0 heterocycles. The van der Waals surface area contributed by atoms with Crippen LogP contribution in [0.3, 0.4) is 0 Å². The van der Waals surface area contributed by atoms with Crippen molar-refractivity contribution in [3.05, 3.63) is 31.3 Å². The van der Waals surface area contributed by atoms with Crippen LogP contribution >= 0.6 is 38.5 Å². The Morgan fingerprint density at radius 3 is 2.36 bits per heavy atom. The molecule has 14 heavy (non-hydrogen) atoms. The number of nitrogens with two attached hydrogens (primary N) is 1. The quantitative estimate of drug-likeness (QED) is 0.742. The summed E-state index contributed by atoms with van der Waals surface area (Å²) in [4.78, 5) is 0. The third-order valence-electron chi connectivity index (χ3n) is 1.66. The lowest BCUT2D eigenvalue weighted by atomic mass is 10.1. The fourth-order valence-electron chi connectivity index (χ4n) is 0.962. The largest absolute Gasteiger partial charge is 0.417 e. The molecule has 0 aliphatic carbocycles. The third kappa shape index (κ3) is 2.60. The van der Waals surface area contributed by atoms with Crippen molar-refractivity contribution in [3.8, 4) is 0 Å². The van der Waals surface area contributed by atoms with Crippen LogP contribution in [0, 0.1) is 3.57 Å². The average molecular weight is 380 g/mol. The van der Waals surface area contributed by atoms with Crippen LogP contribution in [-0.2, 0) is 12.7 Å². The number of benzene rings is 1. The van der Waals surface area contributed by atoms with E-state index in [9.17, 15) is 13.2 Å². The van der Waals surface area contributed by atoms with E-state index in [2.05, 4.69) is 15.9 Å². The van der Waals surface area contributed by atoms with Crippen LogP contribution < -0.4 is 5.73 Å². The summed E-state index contributed by atoms with van der Waals surface area (Å²) in [5.74, 6) is 0. The summed E-state index contributed by atoms with van der Waals surface area (Å²) in [6.07, 6.45) is -4.31. The van der Waals surface area contributed by atoms with Crippen molar-refractivity contribution in [2.45, 2.75) is 12.7 Å². The number of hydrogen-bond donors (Lipinski definition) is 1. The molecule has 1 nitrogen and oxygen atoms in total. The van der Waals surface area contributed by atoms with Gasteiger partial charge in [-0.3, -0.25) is 0 Å². The Labute approximate surface area is 101 Å². The van der Waals surface area contributed by atoms with Crippen LogP contribution in [0.25, 0.3) is 0 Å². The van der Waals surface area contributed by atoms with Gasteiger partial charge >= 0.3 is 6.18 Å². The predicted molar refractivity (Wildman–Crippen MR) is 59.8 cm³/mol. The van der Waals surface area contributed by atoms with Crippen molar-refractivity contribution in [3.63, 3.8) is 0 Å². The molecule has 0 spiro atoms. The maximum atomic E-state index is 12.4. The first-order valence-electron chi connectivity index (χ1n) is 3.61. The molecule has 78 valence electrons. The molecule has 1 rings (SSSR count). The molecule has 0 radical (unpaired) electrons. The molecule has 0 amide bonds. The molecule has 0 aromatic heterocycles. The van der Waals surface area contributed by atoms with Crippen molar-refractivity contribution >= 4 is 38.5 Å². The van der Waals surface area contributed by atoms with Crippen LogP contribution in [0.2, 0.25) is 0 Å². The fourth-order valence-corrected chi connectivity index (χ4v) is 2.30. The number of rotatable bonds is 1. The summed E-state index contributed by atoms with van der Waals surface area (Å²) < 4.78 is 37.8. The smallest absolute Gasteiger partial charge is 0.326 e. The monoisotopic (exact) mass is 379 g/mol. The molecule has 0 aliphatic heterocycles. The first-order valence-corrected chi connectivity index (χ1v) is 5.48. The molecular formula is C8H6BrF3IN. The van der Waals surface area contributed by atoms with Gasteiger partial charge in [0, 0.05) is 14.6 Å². The molecular weight excluding hydrogens is 374 g/mol. The van der Waals surface area contributed by atoms with Crippen molar-refractivity contribution < 1.29 is 13.2 Å². The summed E-state index contributed by atoms with van der Waals surface area (Å²) >= 11 is 4.71. The van der Waals surface area contributed by atoms with Crippen molar-refractivity contribution in [2.24, 2.45) is 5.73 Å². The van der Waals surface area contributed by atoms with Gasteiger partial charge < -0.3 is 5.73 Å². The van der Waals surface area contributed by atoms with E-state index in [1.54, 1.807) is 22.6 Å². The molecule has 0 saturated carbocycles. The Morgan fingerprint density at radius 1 is 1.36 bits per heavy atom. The highest BCUT2D eigenvalue weighted by atomic mass is 127. The third-order valence-corrected chi connectivity index (χ3v) is 3.29. The summed E-state index contributed by atoms with van der Waals surface area (Å²) in [5.41, 5.74) is 5.40. The molecule has 0 aliphatic rings. The van der Waals surface area contributed by atoms with E-state index in [1.807, 2.05) is 0 Å². The molecule has 2 N–H and O–H groups in total. The van der Waals surface area contributed by atoms with Gasteiger partial charge in [-0.1, -0.05) is 15.9 Å². The molecule has 0 fully saturated rings. The average Bonchev–Trinajstić information content (AvgIpc) is 2.06. The fraction of sp³-hybridized carbons (Fsp3) is 0.250. The highest BCUT2D eigenvalue weighted by molar-refractivity contribution is 14.1. The number of alkyl halides is 3. The minimum Gasteiger partial charge on any atom is -0.326 e. The first kappa shape index (κ1) is 12.3. The van der Waals surface area contributed by atoms with Gasteiger partial charge in [-0.05, 0) is 40.3 Å². The van der Waals surface area contributed by atoms with Crippen molar-refractivity contribution in [2.75, 3.05) is 0 Å². The highest BCUT2D eigenvalue weighted by Gasteiger charge is 2.33. The van der Waals surface area contributed by atoms with Crippen molar-refractivity contribution in [1.82, 2.24) is 0 Å². The first-order chi connectivity index (χ1) is 6.36. The summed E-state index contributed by atoms with van der Waals surface area (Å²) in [5, 5.41) is 0. The molecule has 0 unspecified atom stereocenters. The maximum absolute atomic E-state index is 12.4. The molecule has 0 bridgehead atoms. The van der Waals surface area contributed by atoms with Crippen LogP contribution in [0.15, 0.2) is 16.6 Å². The number of hydrogen-bond acceptors (Lipinski definition) is 1. The number of halogens is 5. The van der Waals surface area contributed by atoms with Crippen LogP contribution in [0.4, 0.5) is 13.2 Å². The van der Waals surface area contributed by atoms with E-state index in [4.69, 9.17) is 5.73 Å². The Bertz CT molecular complexity index is 351. The van der Waals surface area contributed by atoms with E-state index >= 15 is 0 Å². The zero-order valence-corrected chi connectivity index (χ0v) is 10.6. The lowest BCUT2D eigenvalue weighted by molar-refractivity contribution is -0.138. The molecule has 6 heteroatoms. The van der Waals surface area contributed by atoms with Gasteiger partial charge in [-0.25, -0.2) is 0 Å². The zero-order chi connectivity index (χ0) is 10.9. The van der Waals surface area contributed by atoms with Gasteiger partial charge in [0.2, 0.25) is 0 Å². The van der Waals surface area contributed by atoms with E-state index in [1.165, 1.54) is 6.07 Å². The van der Waals surface area contributed by atoms with E-state index in [0.717, 1.165) is 6.07 Å². The second-order valence-electron chi connectivity index (χ2n) is 2.63. The topological polar surface area (TPSA) is 26.0 Å². The van der Waals surface area contributed by atoms with Gasteiger partial charge in [0.1, 0.15) is 0 Å². The van der Waals surface area contributed by atoms with Gasteiger partial charge in [-0.2, -0.15) is 13.2 Å². The Kier molecular flexibility index (Phi) is 3.81. The SMILES string of the molecule is NCc1cc(I)c(C(F)(F)F)cc1Br. The second-order valence-corrected chi connectivity index (χ2v) is 4.64. The second kappa shape index (κ2) is 4.36. The Hall–Kier alpha value is 0.180. The zero-order valence-electron chi connectivity index (χ0n) is 6.83. The van der Waals surface area contributed by atoms with Crippen molar-refractivity contribution in [1.29, 1.82) is 0 Å². The van der Waals surface area contributed by atoms with E-state index < -0.39 is 11.7 Å². The molecule has 1 aromatic rings. The van der Waals surface area contributed by atoms with Gasteiger partial charge in [0.15, 0.2) is 0 Å². The predicted octanol–water partition coefficient (Wildman–Crippen LogP) is 3.53. The molecule has 0 saturated heterocycles. The van der Waals surface area contributed by atoms with Gasteiger partial charge in [0.05, 0.1) is 5.56 Å². The summed E-state index contributed by atoms with van der Waals surface area (Å²) in [6, 6.07) is 2.50. The minimum atomic E-state index is -4.31. The summed E-state index contributed by atoms with van der Waals surface area (Å²) in [6.45, 7) is 0.217. The van der Waals surface area contributed by atoms with Gasteiger partial charge in [-0.15, -0.1) is 0 Å². The maximum Gasteiger partial charge on any atom is 0.417 e. The Balaban J connectivity index is 3.29. The van der Waals surface area contributed by atoms with Gasteiger partial charge in [0.25, 0.3) is 0 Å². The lowest BCUT2D eigenvalue weighted by Gasteiger charge is -2.11. The summed E-state index contributed by atoms with van der Waals surface area (Å²) in [7, 11) is 0. The van der Waals surface area contributed by atoms with E-state index in [0.29, 0.717) is 10.0 Å². The lowest BCUT2D eigenvalue weighted by Crippen LogP contribution is -2.09. The van der Waals surface area contributed by atoms with Crippen LogP contribution in [0.5, 0.6) is 0 Å². The standard InChI is InChI=1S/C8H6BrF3IN/c9-6-2-5(8(10,11)12)7(13)1-4(6)3-14/h1-2H,3,14H2. The highest BCUT2D eigenvalue weighted by Crippen LogP contribution is 2.35. The molecule has 0 atom stereocenters. The molecule has 1 aromatic carbocycles. The van der Waals surface area contributed by atoms with E-state index in [-0.39, 0.29) is 10.1 Å². The van der Waals surface area contributed by atoms with Crippen LogP contribution in [-0.4, -0.2) is 0 Å². The Morgan fingerprint density at radius 2 is 1.93 bits per heavy atom. The minimum absolute atomic E-state index is 0.166. The normalized spacial score (nSPS) is 11.9. The van der Waals surface area contributed by atoms with Crippen LogP contribution in [0.1, 0.15) is 11.1 Å².